The van der Waals surface area contributed by atoms with Crippen LogP contribution in [0, 0.1) is 0 Å². The highest BCUT2D eigenvalue weighted by atomic mass is 16.2. The molecule has 7 heteroatoms. The molecule has 31 heavy (non-hydrogen) atoms. The maximum atomic E-state index is 13.1. The Morgan fingerprint density at radius 1 is 1.13 bits per heavy atom. The van der Waals surface area contributed by atoms with E-state index in [0.717, 1.165) is 0 Å². The standard InChI is InChI=1S/C24H24N4O3/c1-3-12-26-16-20(19-10-7-11-25-22(19)26)21(29)24(31)28-14-13-27(15-17(28)2)23(30)18-8-5-4-6-9-18/h3-11,16-17H,1,12-15H2,2H3/t17-/m1/s1. The first-order valence-electron chi connectivity index (χ1n) is 10.3. The smallest absolute Gasteiger partial charge is 0.295 e. The number of Topliss-reactive ketones (excluding diaryl/α,β-unsaturated/α-hetero) is 1. The number of rotatable bonds is 5. The van der Waals surface area contributed by atoms with Crippen LogP contribution in [-0.2, 0) is 11.3 Å². The Morgan fingerprint density at radius 2 is 1.90 bits per heavy atom. The predicted octanol–water partition coefficient (Wildman–Crippen LogP) is 2.78. The summed E-state index contributed by atoms with van der Waals surface area (Å²) in [6.45, 7) is 7.17. The molecule has 1 atom stereocenters. The van der Waals surface area contributed by atoms with Gasteiger partial charge in [0.2, 0.25) is 0 Å². The SMILES string of the molecule is C=CCn1cc(C(=O)C(=O)N2CCN(C(=O)c3ccccc3)C[C@H]2C)c2cccnc21. The lowest BCUT2D eigenvalue weighted by Gasteiger charge is -2.39. The van der Waals surface area contributed by atoms with Gasteiger partial charge in [0.1, 0.15) is 5.65 Å². The average Bonchev–Trinajstić information content (AvgIpc) is 3.17. The zero-order valence-corrected chi connectivity index (χ0v) is 17.4. The monoisotopic (exact) mass is 416 g/mol. The number of benzene rings is 1. The second kappa shape index (κ2) is 8.55. The molecule has 0 radical (unpaired) electrons. The molecule has 2 amide bonds. The van der Waals surface area contributed by atoms with Crippen molar-refractivity contribution in [3.05, 3.63) is 78.6 Å². The van der Waals surface area contributed by atoms with Gasteiger partial charge >= 0.3 is 0 Å². The molecule has 4 rings (SSSR count). The molecule has 0 aliphatic carbocycles. The number of piperazine rings is 1. The highest BCUT2D eigenvalue weighted by molar-refractivity contribution is 6.44. The average molecular weight is 416 g/mol. The lowest BCUT2D eigenvalue weighted by molar-refractivity contribution is -0.130. The molecule has 0 spiro atoms. The van der Waals surface area contributed by atoms with Crippen molar-refractivity contribution in [3.63, 3.8) is 0 Å². The summed E-state index contributed by atoms with van der Waals surface area (Å²) in [4.78, 5) is 46.6. The van der Waals surface area contributed by atoms with Crippen LogP contribution in [0.15, 0.2) is 67.5 Å². The van der Waals surface area contributed by atoms with Gasteiger partial charge in [-0.3, -0.25) is 14.4 Å². The molecule has 2 aromatic heterocycles. The van der Waals surface area contributed by atoms with E-state index < -0.39 is 11.7 Å². The third-order valence-corrected chi connectivity index (χ3v) is 5.59. The van der Waals surface area contributed by atoms with Crippen molar-refractivity contribution in [2.75, 3.05) is 19.6 Å². The van der Waals surface area contributed by atoms with Gasteiger partial charge in [0.15, 0.2) is 0 Å². The number of amides is 2. The van der Waals surface area contributed by atoms with E-state index in [2.05, 4.69) is 11.6 Å². The van der Waals surface area contributed by atoms with E-state index in [-0.39, 0.29) is 11.9 Å². The molecular weight excluding hydrogens is 392 g/mol. The molecule has 1 aliphatic rings. The normalized spacial score (nSPS) is 16.4. The molecule has 0 unspecified atom stereocenters. The minimum Gasteiger partial charge on any atom is -0.335 e. The molecule has 0 saturated carbocycles. The van der Waals surface area contributed by atoms with E-state index >= 15 is 0 Å². The van der Waals surface area contributed by atoms with E-state index in [1.807, 2.05) is 29.7 Å². The van der Waals surface area contributed by atoms with Gasteiger partial charge in [0.05, 0.1) is 5.56 Å². The number of pyridine rings is 1. The van der Waals surface area contributed by atoms with Gasteiger partial charge in [0, 0.05) is 55.6 Å². The molecule has 1 aliphatic heterocycles. The van der Waals surface area contributed by atoms with Crippen LogP contribution < -0.4 is 0 Å². The van der Waals surface area contributed by atoms with Crippen LogP contribution >= 0.6 is 0 Å². The van der Waals surface area contributed by atoms with E-state index in [1.54, 1.807) is 52.5 Å². The Kier molecular flexibility index (Phi) is 5.66. The van der Waals surface area contributed by atoms with Crippen LogP contribution in [0.5, 0.6) is 0 Å². The number of ketones is 1. The number of fused-ring (bicyclic) bond motifs is 1. The van der Waals surface area contributed by atoms with Gasteiger partial charge in [-0.15, -0.1) is 6.58 Å². The number of hydrogen-bond acceptors (Lipinski definition) is 4. The fraction of sp³-hybridized carbons (Fsp3) is 0.250. The molecular formula is C24H24N4O3. The molecule has 1 aromatic carbocycles. The van der Waals surface area contributed by atoms with Crippen molar-refractivity contribution in [2.45, 2.75) is 19.5 Å². The molecule has 158 valence electrons. The summed E-state index contributed by atoms with van der Waals surface area (Å²) >= 11 is 0. The van der Waals surface area contributed by atoms with Crippen molar-refractivity contribution in [2.24, 2.45) is 0 Å². The molecule has 3 heterocycles. The number of allylic oxidation sites excluding steroid dienone is 1. The predicted molar refractivity (Wildman–Crippen MR) is 118 cm³/mol. The number of aromatic nitrogens is 2. The second-order valence-corrected chi connectivity index (χ2v) is 7.65. The molecule has 1 saturated heterocycles. The first kappa shape index (κ1) is 20.5. The van der Waals surface area contributed by atoms with Crippen LogP contribution in [0.1, 0.15) is 27.6 Å². The number of carbonyl (C=O) groups excluding carboxylic acids is 3. The van der Waals surface area contributed by atoms with Crippen LogP contribution in [0.2, 0.25) is 0 Å². The summed E-state index contributed by atoms with van der Waals surface area (Å²) in [6.07, 6.45) is 5.04. The van der Waals surface area contributed by atoms with E-state index in [1.165, 1.54) is 0 Å². The van der Waals surface area contributed by atoms with Crippen LogP contribution in [0.3, 0.4) is 0 Å². The maximum absolute atomic E-state index is 13.1. The Hall–Kier alpha value is -3.74. The summed E-state index contributed by atoms with van der Waals surface area (Å²) in [5.41, 5.74) is 1.60. The lowest BCUT2D eigenvalue weighted by Crippen LogP contribution is -2.56. The van der Waals surface area contributed by atoms with Crippen molar-refractivity contribution < 1.29 is 14.4 Å². The largest absolute Gasteiger partial charge is 0.335 e. The Balaban J connectivity index is 1.52. The summed E-state index contributed by atoms with van der Waals surface area (Å²) in [5, 5.41) is 0.647. The zero-order valence-electron chi connectivity index (χ0n) is 17.4. The van der Waals surface area contributed by atoms with Crippen LogP contribution in [0.4, 0.5) is 0 Å². The lowest BCUT2D eigenvalue weighted by atomic mass is 10.1. The molecule has 1 fully saturated rings. The second-order valence-electron chi connectivity index (χ2n) is 7.65. The summed E-state index contributed by atoms with van der Waals surface area (Å²) in [6, 6.07) is 12.4. The molecule has 0 N–H and O–H groups in total. The Labute approximate surface area is 180 Å². The van der Waals surface area contributed by atoms with Crippen molar-refractivity contribution >= 4 is 28.6 Å². The number of hydrogen-bond donors (Lipinski definition) is 0. The fourth-order valence-electron chi connectivity index (χ4n) is 4.03. The third kappa shape index (κ3) is 3.86. The van der Waals surface area contributed by atoms with Gasteiger partial charge in [-0.05, 0) is 31.2 Å². The Bertz CT molecular complexity index is 1150. The summed E-state index contributed by atoms with van der Waals surface area (Å²) < 4.78 is 1.81. The van der Waals surface area contributed by atoms with Gasteiger partial charge in [-0.2, -0.15) is 0 Å². The quantitative estimate of drug-likeness (QED) is 0.364. The number of carbonyl (C=O) groups is 3. The summed E-state index contributed by atoms with van der Waals surface area (Å²) in [7, 11) is 0. The molecule has 7 nitrogen and oxygen atoms in total. The number of nitrogens with zero attached hydrogens (tertiary/aromatic N) is 4. The maximum Gasteiger partial charge on any atom is 0.295 e. The van der Waals surface area contributed by atoms with Crippen molar-refractivity contribution in [3.8, 4) is 0 Å². The first-order valence-corrected chi connectivity index (χ1v) is 10.3. The summed E-state index contributed by atoms with van der Waals surface area (Å²) in [5.74, 6) is -1.18. The molecule has 3 aromatic rings. The van der Waals surface area contributed by atoms with E-state index in [9.17, 15) is 14.4 Å². The van der Waals surface area contributed by atoms with Gasteiger partial charge in [-0.1, -0.05) is 24.3 Å². The van der Waals surface area contributed by atoms with Crippen molar-refractivity contribution in [1.82, 2.24) is 19.4 Å². The first-order chi connectivity index (χ1) is 15.0. The Morgan fingerprint density at radius 3 is 2.61 bits per heavy atom. The van der Waals surface area contributed by atoms with Crippen LogP contribution in [0.25, 0.3) is 11.0 Å². The fourth-order valence-corrected chi connectivity index (χ4v) is 4.03. The highest BCUT2D eigenvalue weighted by Crippen LogP contribution is 2.22. The minimum absolute atomic E-state index is 0.0653. The highest BCUT2D eigenvalue weighted by Gasteiger charge is 2.34. The van der Waals surface area contributed by atoms with Crippen LogP contribution in [-0.4, -0.2) is 62.6 Å². The van der Waals surface area contributed by atoms with Gasteiger partial charge in [-0.25, -0.2) is 4.98 Å². The van der Waals surface area contributed by atoms with E-state index in [0.29, 0.717) is 48.3 Å². The van der Waals surface area contributed by atoms with Gasteiger partial charge < -0.3 is 14.4 Å². The third-order valence-electron chi connectivity index (χ3n) is 5.59. The topological polar surface area (TPSA) is 75.5 Å². The minimum atomic E-state index is -0.560. The molecule has 0 bridgehead atoms. The van der Waals surface area contributed by atoms with E-state index in [4.69, 9.17) is 0 Å². The van der Waals surface area contributed by atoms with Crippen molar-refractivity contribution in [1.29, 1.82) is 0 Å². The zero-order chi connectivity index (χ0) is 22.0. The van der Waals surface area contributed by atoms with Gasteiger partial charge in [0.25, 0.3) is 17.6 Å².